The lowest BCUT2D eigenvalue weighted by Crippen LogP contribution is -2.23. The number of nitrogens with two attached hydrogens (primary N) is 1. The summed E-state index contributed by atoms with van der Waals surface area (Å²) < 4.78 is 1.86. The van der Waals surface area contributed by atoms with E-state index in [2.05, 4.69) is 54.9 Å². The predicted octanol–water partition coefficient (Wildman–Crippen LogP) is 3.14. The van der Waals surface area contributed by atoms with Crippen LogP contribution >= 0.6 is 0 Å². The van der Waals surface area contributed by atoms with Gasteiger partial charge in [0.15, 0.2) is 11.5 Å². The molecule has 2 N–H and O–H groups in total. The molecule has 3 rings (SSSR count). The van der Waals surface area contributed by atoms with Gasteiger partial charge in [-0.2, -0.15) is 5.10 Å². The molecule has 0 fully saturated rings. The molecule has 0 amide bonds. The van der Waals surface area contributed by atoms with Crippen molar-refractivity contribution in [3.8, 4) is 11.3 Å². The summed E-state index contributed by atoms with van der Waals surface area (Å²) in [7, 11) is 0. The molecule has 0 bridgehead atoms. The Morgan fingerprint density at radius 1 is 1.05 bits per heavy atom. The van der Waals surface area contributed by atoms with Gasteiger partial charge in [-0.1, -0.05) is 29.8 Å². The van der Waals surface area contributed by atoms with Crippen molar-refractivity contribution in [1.82, 2.24) is 19.7 Å². The predicted molar refractivity (Wildman–Crippen MR) is 84.9 cm³/mol. The Balaban J connectivity index is 2.31. The van der Waals surface area contributed by atoms with E-state index in [4.69, 9.17) is 5.73 Å². The molecule has 5 nitrogen and oxygen atoms in total. The highest BCUT2D eigenvalue weighted by Gasteiger charge is 2.22. The van der Waals surface area contributed by atoms with Crippen molar-refractivity contribution in [2.45, 2.75) is 33.2 Å². The molecule has 0 spiro atoms. The van der Waals surface area contributed by atoms with Crippen molar-refractivity contribution in [2.24, 2.45) is 0 Å². The van der Waals surface area contributed by atoms with Crippen LogP contribution < -0.4 is 5.73 Å². The van der Waals surface area contributed by atoms with E-state index in [9.17, 15) is 0 Å². The zero-order chi connectivity index (χ0) is 15.2. The molecule has 0 radical (unpaired) electrons. The largest absolute Gasteiger partial charge is 0.382 e. The molecule has 1 aromatic carbocycles. The highest BCUT2D eigenvalue weighted by Crippen LogP contribution is 2.31. The maximum atomic E-state index is 6.13. The van der Waals surface area contributed by atoms with Crippen molar-refractivity contribution in [2.75, 3.05) is 5.73 Å². The molecule has 0 aliphatic heterocycles. The van der Waals surface area contributed by atoms with Crippen LogP contribution in [0.25, 0.3) is 22.3 Å². The minimum Gasteiger partial charge on any atom is -0.382 e. The number of nitrogen functional groups attached to an aromatic ring is 1. The standard InChI is InChI=1S/C16H19N5/c1-10-5-7-11(8-6-10)13-12-14(17)20-21(16(2,3)4)15(12)19-9-18-13/h5-9H,1-4H3,(H2,17,20). The summed E-state index contributed by atoms with van der Waals surface area (Å²) in [6, 6.07) is 8.22. The average Bonchev–Trinajstić information content (AvgIpc) is 2.77. The Kier molecular flexibility index (Phi) is 2.93. The van der Waals surface area contributed by atoms with Crippen LogP contribution in [0.2, 0.25) is 0 Å². The number of hydrogen-bond acceptors (Lipinski definition) is 4. The Labute approximate surface area is 123 Å². The van der Waals surface area contributed by atoms with Gasteiger partial charge in [0.1, 0.15) is 6.33 Å². The molecule has 0 aliphatic rings. The molecule has 5 heteroatoms. The fraction of sp³-hybridized carbons (Fsp3) is 0.312. The van der Waals surface area contributed by atoms with Crippen molar-refractivity contribution >= 4 is 16.9 Å². The van der Waals surface area contributed by atoms with Crippen LogP contribution in [-0.4, -0.2) is 19.7 Å². The topological polar surface area (TPSA) is 69.6 Å². The first kappa shape index (κ1) is 13.5. The fourth-order valence-electron chi connectivity index (χ4n) is 2.38. The minimum atomic E-state index is -0.186. The Morgan fingerprint density at radius 2 is 1.71 bits per heavy atom. The number of anilines is 1. The first-order valence-corrected chi connectivity index (χ1v) is 6.94. The molecule has 0 unspecified atom stereocenters. The SMILES string of the molecule is Cc1ccc(-c2ncnc3c2c(N)nn3C(C)(C)C)cc1. The number of benzene rings is 1. The van der Waals surface area contributed by atoms with E-state index in [1.54, 1.807) is 6.33 Å². The van der Waals surface area contributed by atoms with Gasteiger partial charge >= 0.3 is 0 Å². The van der Waals surface area contributed by atoms with Gasteiger partial charge in [0, 0.05) is 5.56 Å². The number of hydrogen-bond donors (Lipinski definition) is 1. The normalized spacial score (nSPS) is 12.0. The van der Waals surface area contributed by atoms with Crippen LogP contribution in [0.3, 0.4) is 0 Å². The van der Waals surface area contributed by atoms with Crippen LogP contribution in [0.4, 0.5) is 5.82 Å². The summed E-state index contributed by atoms with van der Waals surface area (Å²) in [6.45, 7) is 8.29. The third-order valence-corrected chi connectivity index (χ3v) is 3.45. The lowest BCUT2D eigenvalue weighted by Gasteiger charge is -2.19. The van der Waals surface area contributed by atoms with Gasteiger partial charge in [0.2, 0.25) is 0 Å². The van der Waals surface area contributed by atoms with E-state index < -0.39 is 0 Å². The van der Waals surface area contributed by atoms with Crippen molar-refractivity contribution < 1.29 is 0 Å². The molecule has 0 saturated heterocycles. The van der Waals surface area contributed by atoms with Crippen molar-refractivity contribution in [1.29, 1.82) is 0 Å². The van der Waals surface area contributed by atoms with Crippen LogP contribution in [0.15, 0.2) is 30.6 Å². The third-order valence-electron chi connectivity index (χ3n) is 3.45. The summed E-state index contributed by atoms with van der Waals surface area (Å²) in [5.74, 6) is 0.469. The first-order chi connectivity index (χ1) is 9.88. The van der Waals surface area contributed by atoms with Gasteiger partial charge in [0.05, 0.1) is 16.6 Å². The van der Waals surface area contributed by atoms with Crippen molar-refractivity contribution in [3.63, 3.8) is 0 Å². The molecule has 3 aromatic rings. The number of aryl methyl sites for hydroxylation is 1. The highest BCUT2D eigenvalue weighted by molar-refractivity contribution is 5.98. The monoisotopic (exact) mass is 281 g/mol. The maximum Gasteiger partial charge on any atom is 0.164 e. The summed E-state index contributed by atoms with van der Waals surface area (Å²) in [4.78, 5) is 8.80. The molecule has 2 heterocycles. The molecular weight excluding hydrogens is 262 g/mol. The summed E-state index contributed by atoms with van der Waals surface area (Å²) in [5, 5.41) is 5.27. The molecule has 2 aromatic heterocycles. The van der Waals surface area contributed by atoms with E-state index in [1.807, 2.05) is 16.8 Å². The molecule has 21 heavy (non-hydrogen) atoms. The van der Waals surface area contributed by atoms with Gasteiger partial charge in [-0.3, -0.25) is 0 Å². The Bertz CT molecular complexity index is 794. The molecule has 0 atom stereocenters. The van der Waals surface area contributed by atoms with E-state index in [-0.39, 0.29) is 5.54 Å². The van der Waals surface area contributed by atoms with E-state index in [0.717, 1.165) is 22.3 Å². The zero-order valence-electron chi connectivity index (χ0n) is 12.8. The van der Waals surface area contributed by atoms with Crippen molar-refractivity contribution in [3.05, 3.63) is 36.2 Å². The summed E-state index contributed by atoms with van der Waals surface area (Å²) in [6.07, 6.45) is 1.57. The van der Waals surface area contributed by atoms with Gasteiger partial charge in [-0.15, -0.1) is 0 Å². The van der Waals surface area contributed by atoms with Gasteiger partial charge in [-0.25, -0.2) is 14.6 Å². The maximum absolute atomic E-state index is 6.13. The summed E-state index contributed by atoms with van der Waals surface area (Å²) >= 11 is 0. The summed E-state index contributed by atoms with van der Waals surface area (Å²) in [5.41, 5.74) is 9.77. The van der Waals surface area contributed by atoms with E-state index in [0.29, 0.717) is 5.82 Å². The number of rotatable bonds is 1. The smallest absolute Gasteiger partial charge is 0.164 e. The average molecular weight is 281 g/mol. The quantitative estimate of drug-likeness (QED) is 0.744. The lowest BCUT2D eigenvalue weighted by molar-refractivity contribution is 0.367. The van der Waals surface area contributed by atoms with Crippen LogP contribution in [-0.2, 0) is 5.54 Å². The Hall–Kier alpha value is -2.43. The van der Waals surface area contributed by atoms with Crippen LogP contribution in [0, 0.1) is 6.92 Å². The lowest BCUT2D eigenvalue weighted by atomic mass is 10.1. The second kappa shape index (κ2) is 4.55. The molecule has 108 valence electrons. The molecule has 0 aliphatic carbocycles. The number of fused-ring (bicyclic) bond motifs is 1. The van der Waals surface area contributed by atoms with Crippen LogP contribution in [0.1, 0.15) is 26.3 Å². The van der Waals surface area contributed by atoms with E-state index >= 15 is 0 Å². The number of aromatic nitrogens is 4. The molecular formula is C16H19N5. The van der Waals surface area contributed by atoms with Gasteiger partial charge < -0.3 is 5.73 Å². The molecule has 0 saturated carbocycles. The zero-order valence-corrected chi connectivity index (χ0v) is 12.8. The third kappa shape index (κ3) is 2.24. The fourth-order valence-corrected chi connectivity index (χ4v) is 2.38. The number of nitrogens with zero attached hydrogens (tertiary/aromatic N) is 4. The van der Waals surface area contributed by atoms with Gasteiger partial charge in [-0.05, 0) is 27.7 Å². The first-order valence-electron chi connectivity index (χ1n) is 6.94. The second-order valence-electron chi connectivity index (χ2n) is 6.25. The van der Waals surface area contributed by atoms with Crippen LogP contribution in [0.5, 0.6) is 0 Å². The second-order valence-corrected chi connectivity index (χ2v) is 6.25. The van der Waals surface area contributed by atoms with Gasteiger partial charge in [0.25, 0.3) is 0 Å². The minimum absolute atomic E-state index is 0.186. The Morgan fingerprint density at radius 3 is 2.33 bits per heavy atom. The highest BCUT2D eigenvalue weighted by atomic mass is 15.4. The van der Waals surface area contributed by atoms with E-state index in [1.165, 1.54) is 5.56 Å².